The minimum atomic E-state index is -0.687. The van der Waals surface area contributed by atoms with Gasteiger partial charge in [0.2, 0.25) is 0 Å². The molecule has 6 nitrogen and oxygen atoms in total. The molecule has 0 unspecified atom stereocenters. The van der Waals surface area contributed by atoms with Gasteiger partial charge in [0.1, 0.15) is 5.75 Å². The summed E-state index contributed by atoms with van der Waals surface area (Å²) in [6.45, 7) is 0.274. The molecule has 0 radical (unpaired) electrons. The number of nitrogens with one attached hydrogen (secondary N) is 1. The molecule has 2 amide bonds. The molecule has 92 valence electrons. The number of rotatable bonds is 2. The van der Waals surface area contributed by atoms with Crippen molar-refractivity contribution in [1.29, 1.82) is 5.26 Å². The van der Waals surface area contributed by atoms with Crippen molar-refractivity contribution in [3.63, 3.8) is 0 Å². The first-order valence-electron chi connectivity index (χ1n) is 5.32. The average Bonchev–Trinajstić information content (AvgIpc) is 2.40. The van der Waals surface area contributed by atoms with Crippen molar-refractivity contribution in [2.75, 3.05) is 18.6 Å². The zero-order chi connectivity index (χ0) is 13.1. The van der Waals surface area contributed by atoms with Gasteiger partial charge in [-0.2, -0.15) is 5.26 Å². The minimum absolute atomic E-state index is 0.0357. The molecule has 1 aliphatic heterocycles. The van der Waals surface area contributed by atoms with Gasteiger partial charge in [-0.3, -0.25) is 9.59 Å². The van der Waals surface area contributed by atoms with Crippen LogP contribution in [-0.4, -0.2) is 25.5 Å². The fraction of sp³-hybridized carbons (Fsp3) is 0.250. The van der Waals surface area contributed by atoms with Crippen LogP contribution in [0.25, 0.3) is 0 Å². The van der Waals surface area contributed by atoms with E-state index in [0.29, 0.717) is 11.4 Å². The van der Waals surface area contributed by atoms with Gasteiger partial charge < -0.3 is 15.0 Å². The van der Waals surface area contributed by atoms with E-state index in [2.05, 4.69) is 5.32 Å². The minimum Gasteiger partial charge on any atom is -0.482 e. The molecule has 0 aromatic heterocycles. The van der Waals surface area contributed by atoms with Crippen LogP contribution in [-0.2, 0) is 16.1 Å². The molecule has 6 heteroatoms. The SMILES string of the molecule is CN1C(=O)COc2ccc(CNC(=O)C#N)cc21. The predicted octanol–water partition coefficient (Wildman–Crippen LogP) is 0.182. The first-order chi connectivity index (χ1) is 8.61. The van der Waals surface area contributed by atoms with E-state index >= 15 is 0 Å². The van der Waals surface area contributed by atoms with Crippen LogP contribution in [0.1, 0.15) is 5.56 Å². The Hall–Kier alpha value is -2.55. The van der Waals surface area contributed by atoms with Crippen LogP contribution in [0.5, 0.6) is 5.75 Å². The molecular formula is C12H11N3O3. The lowest BCUT2D eigenvalue weighted by Gasteiger charge is -2.26. The second-order valence-electron chi connectivity index (χ2n) is 3.84. The van der Waals surface area contributed by atoms with Gasteiger partial charge in [-0.25, -0.2) is 0 Å². The number of amides is 2. The zero-order valence-corrected chi connectivity index (χ0v) is 9.77. The third-order valence-corrected chi connectivity index (χ3v) is 2.66. The van der Waals surface area contributed by atoms with Crippen LogP contribution in [0, 0.1) is 11.3 Å². The number of carbonyl (C=O) groups excluding carboxylic acids is 2. The van der Waals surface area contributed by atoms with Crippen LogP contribution in [0.2, 0.25) is 0 Å². The Bertz CT molecular complexity index is 548. The lowest BCUT2D eigenvalue weighted by molar-refractivity contribution is -0.121. The Morgan fingerprint density at radius 3 is 3.11 bits per heavy atom. The summed E-state index contributed by atoms with van der Waals surface area (Å²) in [5, 5.41) is 10.8. The van der Waals surface area contributed by atoms with Gasteiger partial charge in [0, 0.05) is 13.6 Å². The number of benzene rings is 1. The Balaban J connectivity index is 2.19. The van der Waals surface area contributed by atoms with Gasteiger partial charge in [0.15, 0.2) is 12.7 Å². The maximum atomic E-state index is 11.5. The number of nitrogens with zero attached hydrogens (tertiary/aromatic N) is 2. The van der Waals surface area contributed by atoms with E-state index in [-0.39, 0.29) is 19.1 Å². The largest absolute Gasteiger partial charge is 0.482 e. The van der Waals surface area contributed by atoms with Crippen molar-refractivity contribution in [3.8, 4) is 11.8 Å². The molecule has 1 heterocycles. The zero-order valence-electron chi connectivity index (χ0n) is 9.77. The van der Waals surface area contributed by atoms with Crippen molar-refractivity contribution < 1.29 is 14.3 Å². The third-order valence-electron chi connectivity index (χ3n) is 2.66. The summed E-state index contributed by atoms with van der Waals surface area (Å²) < 4.78 is 5.28. The molecule has 0 aliphatic carbocycles. The summed E-state index contributed by atoms with van der Waals surface area (Å²) >= 11 is 0. The fourth-order valence-electron chi connectivity index (χ4n) is 1.65. The summed E-state index contributed by atoms with van der Waals surface area (Å²) in [6.07, 6.45) is 0. The number of hydrogen-bond acceptors (Lipinski definition) is 4. The highest BCUT2D eigenvalue weighted by Crippen LogP contribution is 2.31. The molecule has 2 rings (SSSR count). The van der Waals surface area contributed by atoms with E-state index in [1.54, 1.807) is 25.2 Å². The van der Waals surface area contributed by atoms with Crippen molar-refractivity contribution in [2.24, 2.45) is 0 Å². The smallest absolute Gasteiger partial charge is 0.322 e. The number of likely N-dealkylation sites (N-methyl/N-ethyl adjacent to an activating group) is 1. The van der Waals surface area contributed by atoms with Gasteiger partial charge in [-0.15, -0.1) is 0 Å². The van der Waals surface area contributed by atoms with Crippen LogP contribution >= 0.6 is 0 Å². The normalized spacial score (nSPS) is 13.3. The second-order valence-corrected chi connectivity index (χ2v) is 3.84. The van der Waals surface area contributed by atoms with Crippen molar-refractivity contribution in [1.82, 2.24) is 5.32 Å². The molecule has 18 heavy (non-hydrogen) atoms. The molecule has 1 aromatic rings. The molecule has 0 saturated carbocycles. The quantitative estimate of drug-likeness (QED) is 0.753. The summed E-state index contributed by atoms with van der Waals surface area (Å²) in [7, 11) is 1.67. The standard InChI is InChI=1S/C12H11N3O3/c1-15-9-4-8(6-14-11(16)5-13)2-3-10(9)18-7-12(15)17/h2-4H,6-7H2,1H3,(H,14,16). The van der Waals surface area contributed by atoms with Crippen LogP contribution in [0.15, 0.2) is 18.2 Å². The highest BCUT2D eigenvalue weighted by molar-refractivity contribution is 5.97. The molecule has 1 aliphatic rings. The molecular weight excluding hydrogens is 234 g/mol. The summed E-state index contributed by atoms with van der Waals surface area (Å²) in [5.41, 5.74) is 1.46. The molecule has 0 spiro atoms. The predicted molar refractivity (Wildman–Crippen MR) is 62.8 cm³/mol. The van der Waals surface area contributed by atoms with Gasteiger partial charge in [0.05, 0.1) is 5.69 Å². The van der Waals surface area contributed by atoms with Gasteiger partial charge in [-0.1, -0.05) is 6.07 Å². The van der Waals surface area contributed by atoms with Crippen molar-refractivity contribution in [2.45, 2.75) is 6.54 Å². The van der Waals surface area contributed by atoms with Gasteiger partial charge in [-0.05, 0) is 17.7 Å². The summed E-state index contributed by atoms with van der Waals surface area (Å²) in [6, 6.07) is 6.75. The molecule has 1 aromatic carbocycles. The highest BCUT2D eigenvalue weighted by Gasteiger charge is 2.22. The molecule has 0 atom stereocenters. The Morgan fingerprint density at radius 2 is 2.39 bits per heavy atom. The molecule has 0 bridgehead atoms. The lowest BCUT2D eigenvalue weighted by atomic mass is 10.1. The number of anilines is 1. The summed E-state index contributed by atoms with van der Waals surface area (Å²) in [5.74, 6) is -0.179. The Morgan fingerprint density at radius 1 is 1.61 bits per heavy atom. The van der Waals surface area contributed by atoms with Crippen LogP contribution < -0.4 is 15.0 Å². The molecule has 1 N–H and O–H groups in total. The number of ether oxygens (including phenoxy) is 1. The van der Waals surface area contributed by atoms with E-state index in [4.69, 9.17) is 10.00 Å². The number of nitriles is 1. The van der Waals surface area contributed by atoms with E-state index < -0.39 is 5.91 Å². The topological polar surface area (TPSA) is 82.4 Å². The van der Waals surface area contributed by atoms with Gasteiger partial charge in [0.25, 0.3) is 5.91 Å². The highest BCUT2D eigenvalue weighted by atomic mass is 16.5. The first kappa shape index (κ1) is 11.9. The Labute approximate surface area is 104 Å². The van der Waals surface area contributed by atoms with Gasteiger partial charge >= 0.3 is 5.91 Å². The van der Waals surface area contributed by atoms with E-state index in [1.165, 1.54) is 11.0 Å². The maximum absolute atomic E-state index is 11.5. The number of carbonyl (C=O) groups is 2. The monoisotopic (exact) mass is 245 g/mol. The number of fused-ring (bicyclic) bond motifs is 1. The third kappa shape index (κ3) is 2.25. The second kappa shape index (κ2) is 4.75. The molecule has 0 fully saturated rings. The average molecular weight is 245 g/mol. The fourth-order valence-corrected chi connectivity index (χ4v) is 1.65. The van der Waals surface area contributed by atoms with E-state index in [0.717, 1.165) is 5.56 Å². The maximum Gasteiger partial charge on any atom is 0.322 e. The van der Waals surface area contributed by atoms with Crippen molar-refractivity contribution >= 4 is 17.5 Å². The first-order valence-corrected chi connectivity index (χ1v) is 5.32. The van der Waals surface area contributed by atoms with E-state index in [1.807, 2.05) is 0 Å². The Kier molecular flexibility index (Phi) is 3.15. The lowest BCUT2D eigenvalue weighted by Crippen LogP contribution is -2.35. The van der Waals surface area contributed by atoms with Crippen molar-refractivity contribution in [3.05, 3.63) is 23.8 Å². The molecule has 0 saturated heterocycles. The summed E-state index contributed by atoms with van der Waals surface area (Å²) in [4.78, 5) is 23.8. The van der Waals surface area contributed by atoms with Crippen LogP contribution in [0.3, 0.4) is 0 Å². The number of hydrogen-bond donors (Lipinski definition) is 1. The van der Waals surface area contributed by atoms with E-state index in [9.17, 15) is 9.59 Å². The van der Waals surface area contributed by atoms with Crippen LogP contribution in [0.4, 0.5) is 5.69 Å².